The zero-order chi connectivity index (χ0) is 10.1. The highest BCUT2D eigenvalue weighted by Gasteiger charge is 2.12. The lowest BCUT2D eigenvalue weighted by atomic mass is 10.0. The number of hydrogen-bond donors (Lipinski definition) is 0. The van der Waals surface area contributed by atoms with Gasteiger partial charge in [0, 0.05) is 5.25 Å². The summed E-state index contributed by atoms with van der Waals surface area (Å²) in [6, 6.07) is 0. The Hall–Kier alpha value is 0.350. The first-order valence-electron chi connectivity index (χ1n) is 6.55. The van der Waals surface area contributed by atoms with Crippen LogP contribution < -0.4 is 0 Å². The van der Waals surface area contributed by atoms with E-state index in [0.717, 1.165) is 5.25 Å². The third-order valence-corrected chi connectivity index (χ3v) is 4.62. The second kappa shape index (κ2) is 8.64. The molecule has 0 unspecified atom stereocenters. The van der Waals surface area contributed by atoms with E-state index in [9.17, 15) is 0 Å². The molecule has 0 aromatic heterocycles. The number of rotatable bonds is 7. The summed E-state index contributed by atoms with van der Waals surface area (Å²) in [5.74, 6) is 1.42. The molecule has 0 aliphatic heterocycles. The molecule has 0 heterocycles. The molecular weight excluding hydrogens is 188 g/mol. The van der Waals surface area contributed by atoms with E-state index in [4.69, 9.17) is 0 Å². The van der Waals surface area contributed by atoms with E-state index in [1.807, 2.05) is 0 Å². The van der Waals surface area contributed by atoms with Gasteiger partial charge < -0.3 is 0 Å². The van der Waals surface area contributed by atoms with E-state index in [-0.39, 0.29) is 0 Å². The zero-order valence-electron chi connectivity index (χ0n) is 9.76. The summed E-state index contributed by atoms with van der Waals surface area (Å²) in [5, 5.41) is 1.02. The summed E-state index contributed by atoms with van der Waals surface area (Å²) in [6.45, 7) is 2.29. The summed E-state index contributed by atoms with van der Waals surface area (Å²) in [5.41, 5.74) is 0. The Morgan fingerprint density at radius 3 is 2.36 bits per heavy atom. The van der Waals surface area contributed by atoms with Crippen LogP contribution in [0.25, 0.3) is 0 Å². The van der Waals surface area contributed by atoms with E-state index >= 15 is 0 Å². The molecule has 0 saturated heterocycles. The van der Waals surface area contributed by atoms with Crippen LogP contribution in [0.4, 0.5) is 0 Å². The lowest BCUT2D eigenvalue weighted by molar-refractivity contribution is 0.515. The van der Waals surface area contributed by atoms with Crippen LogP contribution in [0, 0.1) is 0 Å². The lowest BCUT2D eigenvalue weighted by Crippen LogP contribution is -2.08. The maximum atomic E-state index is 2.29. The Labute approximate surface area is 94.2 Å². The third-order valence-electron chi connectivity index (χ3n) is 3.15. The fourth-order valence-corrected chi connectivity index (χ4v) is 3.56. The van der Waals surface area contributed by atoms with Crippen molar-refractivity contribution in [3.8, 4) is 0 Å². The largest absolute Gasteiger partial charge is 0.159 e. The van der Waals surface area contributed by atoms with Gasteiger partial charge in [0.25, 0.3) is 0 Å². The first kappa shape index (κ1) is 12.4. The molecule has 0 spiro atoms. The van der Waals surface area contributed by atoms with Crippen molar-refractivity contribution in [2.24, 2.45) is 0 Å². The van der Waals surface area contributed by atoms with Crippen LogP contribution in [-0.4, -0.2) is 11.0 Å². The summed E-state index contributed by atoms with van der Waals surface area (Å²) >= 11 is 2.26. The van der Waals surface area contributed by atoms with Gasteiger partial charge in [0.2, 0.25) is 0 Å². The minimum Gasteiger partial charge on any atom is -0.159 e. The van der Waals surface area contributed by atoms with Gasteiger partial charge in [-0.05, 0) is 25.0 Å². The van der Waals surface area contributed by atoms with E-state index in [1.54, 1.807) is 0 Å². The highest BCUT2D eigenvalue weighted by molar-refractivity contribution is 7.99. The third kappa shape index (κ3) is 5.95. The maximum Gasteiger partial charge on any atom is 0.00470 e. The fourth-order valence-electron chi connectivity index (χ4n) is 2.19. The second-order valence-electron chi connectivity index (χ2n) is 4.55. The minimum atomic E-state index is 1.02. The molecule has 84 valence electrons. The Kier molecular flexibility index (Phi) is 7.67. The molecule has 0 aromatic rings. The molecule has 1 aliphatic carbocycles. The van der Waals surface area contributed by atoms with Crippen LogP contribution in [0.5, 0.6) is 0 Å². The SMILES string of the molecule is CCCCCCCSC1CCCCC1. The molecule has 1 saturated carbocycles. The van der Waals surface area contributed by atoms with Gasteiger partial charge in [0.1, 0.15) is 0 Å². The minimum absolute atomic E-state index is 1.02. The average molecular weight is 214 g/mol. The Bertz CT molecular complexity index is 116. The zero-order valence-corrected chi connectivity index (χ0v) is 10.6. The van der Waals surface area contributed by atoms with Crippen molar-refractivity contribution < 1.29 is 0 Å². The molecule has 0 bridgehead atoms. The molecule has 0 radical (unpaired) electrons. The monoisotopic (exact) mass is 214 g/mol. The molecule has 1 aliphatic rings. The fraction of sp³-hybridized carbons (Fsp3) is 1.00. The van der Waals surface area contributed by atoms with E-state index in [1.165, 1.54) is 70.0 Å². The molecule has 0 nitrogen and oxygen atoms in total. The lowest BCUT2D eigenvalue weighted by Gasteiger charge is -2.20. The smallest absolute Gasteiger partial charge is 0.00470 e. The van der Waals surface area contributed by atoms with Crippen molar-refractivity contribution in [1.82, 2.24) is 0 Å². The number of thioether (sulfide) groups is 1. The van der Waals surface area contributed by atoms with E-state index < -0.39 is 0 Å². The molecular formula is C13H26S. The summed E-state index contributed by atoms with van der Waals surface area (Å²) in [7, 11) is 0. The average Bonchev–Trinajstić information content (AvgIpc) is 2.25. The van der Waals surface area contributed by atoms with Crippen molar-refractivity contribution >= 4 is 11.8 Å². The van der Waals surface area contributed by atoms with Crippen molar-refractivity contribution in [3.63, 3.8) is 0 Å². The maximum absolute atomic E-state index is 2.29. The van der Waals surface area contributed by atoms with Crippen LogP contribution in [0.2, 0.25) is 0 Å². The normalized spacial score (nSPS) is 18.6. The van der Waals surface area contributed by atoms with Crippen LogP contribution in [0.15, 0.2) is 0 Å². The highest BCUT2D eigenvalue weighted by atomic mass is 32.2. The standard InChI is InChI=1S/C13H26S/c1-2-3-4-5-9-12-14-13-10-7-6-8-11-13/h13H,2-12H2,1H3. The first-order valence-corrected chi connectivity index (χ1v) is 7.60. The van der Waals surface area contributed by atoms with Crippen LogP contribution >= 0.6 is 11.8 Å². The van der Waals surface area contributed by atoms with Gasteiger partial charge in [-0.3, -0.25) is 0 Å². The van der Waals surface area contributed by atoms with E-state index in [0.29, 0.717) is 0 Å². The molecule has 0 aromatic carbocycles. The van der Waals surface area contributed by atoms with Gasteiger partial charge >= 0.3 is 0 Å². The summed E-state index contributed by atoms with van der Waals surface area (Å²) in [6.07, 6.45) is 14.7. The molecule has 1 rings (SSSR count). The molecule has 0 amide bonds. The van der Waals surface area contributed by atoms with Gasteiger partial charge in [-0.25, -0.2) is 0 Å². The van der Waals surface area contributed by atoms with Crippen molar-refractivity contribution in [1.29, 1.82) is 0 Å². The van der Waals surface area contributed by atoms with Gasteiger partial charge in [0.15, 0.2) is 0 Å². The van der Waals surface area contributed by atoms with Gasteiger partial charge in [0.05, 0.1) is 0 Å². The molecule has 1 heteroatoms. The molecule has 0 atom stereocenters. The predicted octanol–water partition coefficient (Wildman–Crippen LogP) is 5.02. The van der Waals surface area contributed by atoms with Crippen LogP contribution in [0.3, 0.4) is 0 Å². The topological polar surface area (TPSA) is 0 Å². The van der Waals surface area contributed by atoms with Gasteiger partial charge in [-0.15, -0.1) is 0 Å². The van der Waals surface area contributed by atoms with Crippen molar-refractivity contribution in [2.75, 3.05) is 5.75 Å². The Morgan fingerprint density at radius 1 is 0.929 bits per heavy atom. The number of hydrogen-bond acceptors (Lipinski definition) is 1. The van der Waals surface area contributed by atoms with Crippen molar-refractivity contribution in [2.45, 2.75) is 76.4 Å². The van der Waals surface area contributed by atoms with Crippen LogP contribution in [0.1, 0.15) is 71.1 Å². The second-order valence-corrected chi connectivity index (χ2v) is 5.95. The summed E-state index contributed by atoms with van der Waals surface area (Å²) in [4.78, 5) is 0. The van der Waals surface area contributed by atoms with Crippen LogP contribution in [-0.2, 0) is 0 Å². The highest BCUT2D eigenvalue weighted by Crippen LogP contribution is 2.28. The Balaban J connectivity index is 1.82. The quantitative estimate of drug-likeness (QED) is 0.536. The molecule has 14 heavy (non-hydrogen) atoms. The predicted molar refractivity (Wildman–Crippen MR) is 68.1 cm³/mol. The van der Waals surface area contributed by atoms with E-state index in [2.05, 4.69) is 18.7 Å². The first-order chi connectivity index (χ1) is 6.93. The van der Waals surface area contributed by atoms with Crippen molar-refractivity contribution in [3.05, 3.63) is 0 Å². The molecule has 1 fully saturated rings. The Morgan fingerprint density at radius 2 is 1.64 bits per heavy atom. The van der Waals surface area contributed by atoms with Gasteiger partial charge in [-0.2, -0.15) is 11.8 Å². The number of unbranched alkanes of at least 4 members (excludes halogenated alkanes) is 4. The molecule has 0 N–H and O–H groups in total. The summed E-state index contributed by atoms with van der Waals surface area (Å²) < 4.78 is 0. The van der Waals surface area contributed by atoms with Gasteiger partial charge in [-0.1, -0.05) is 51.9 Å².